The molecule has 1 aromatic carbocycles. The summed E-state index contributed by atoms with van der Waals surface area (Å²) in [6, 6.07) is 7.48. The van der Waals surface area contributed by atoms with Gasteiger partial charge in [0.2, 0.25) is 5.91 Å². The van der Waals surface area contributed by atoms with E-state index in [2.05, 4.69) is 10.5 Å². The van der Waals surface area contributed by atoms with Crippen molar-refractivity contribution < 1.29 is 9.32 Å². The summed E-state index contributed by atoms with van der Waals surface area (Å²) in [5.41, 5.74) is 6.51. The van der Waals surface area contributed by atoms with Crippen LogP contribution in [-0.4, -0.2) is 23.1 Å². The van der Waals surface area contributed by atoms with Crippen LogP contribution < -0.4 is 11.1 Å². The van der Waals surface area contributed by atoms with Crippen molar-refractivity contribution >= 4 is 16.9 Å². The van der Waals surface area contributed by atoms with E-state index in [0.29, 0.717) is 17.8 Å². The second kappa shape index (κ2) is 4.78. The van der Waals surface area contributed by atoms with Crippen molar-refractivity contribution in [2.75, 3.05) is 6.54 Å². The molecule has 0 aliphatic rings. The number of carbonyl (C=O) groups excluding carboxylic acids is 1. The van der Waals surface area contributed by atoms with E-state index in [1.807, 2.05) is 38.1 Å². The van der Waals surface area contributed by atoms with E-state index in [0.717, 1.165) is 5.39 Å². The summed E-state index contributed by atoms with van der Waals surface area (Å²) in [5.74, 6) is -0.107. The standard InChI is InChI=1S/C13H17N3O2/c1-13(2,8-14)15-12(17)7-10-9-5-3-4-6-11(9)18-16-10/h3-6H,7-8,14H2,1-2H3,(H,15,17). The summed E-state index contributed by atoms with van der Waals surface area (Å²) in [5, 5.41) is 7.66. The summed E-state index contributed by atoms with van der Waals surface area (Å²) < 4.78 is 5.15. The van der Waals surface area contributed by atoms with Crippen molar-refractivity contribution in [3.63, 3.8) is 0 Å². The summed E-state index contributed by atoms with van der Waals surface area (Å²) in [7, 11) is 0. The van der Waals surface area contributed by atoms with Gasteiger partial charge in [0.1, 0.15) is 5.69 Å². The van der Waals surface area contributed by atoms with Gasteiger partial charge in [-0.05, 0) is 26.0 Å². The fraction of sp³-hybridized carbons (Fsp3) is 0.385. The van der Waals surface area contributed by atoms with Crippen molar-refractivity contribution in [2.24, 2.45) is 5.73 Å². The Morgan fingerprint density at radius 1 is 1.44 bits per heavy atom. The number of aromatic nitrogens is 1. The fourth-order valence-electron chi connectivity index (χ4n) is 1.69. The first-order valence-electron chi connectivity index (χ1n) is 5.86. The molecule has 0 saturated heterocycles. The molecule has 5 heteroatoms. The first-order valence-corrected chi connectivity index (χ1v) is 5.86. The lowest BCUT2D eigenvalue weighted by atomic mass is 10.1. The Bertz CT molecular complexity index is 560. The molecule has 3 N–H and O–H groups in total. The highest BCUT2D eigenvalue weighted by molar-refractivity contribution is 5.86. The number of amides is 1. The topological polar surface area (TPSA) is 81.1 Å². The third kappa shape index (κ3) is 2.68. The van der Waals surface area contributed by atoms with E-state index in [4.69, 9.17) is 10.3 Å². The van der Waals surface area contributed by atoms with Gasteiger partial charge < -0.3 is 15.6 Å². The molecule has 96 valence electrons. The number of para-hydroxylation sites is 1. The second-order valence-corrected chi connectivity index (χ2v) is 4.94. The van der Waals surface area contributed by atoms with E-state index in [-0.39, 0.29) is 12.3 Å². The van der Waals surface area contributed by atoms with E-state index in [1.54, 1.807) is 0 Å². The Labute approximate surface area is 105 Å². The number of fused-ring (bicyclic) bond motifs is 1. The monoisotopic (exact) mass is 247 g/mol. The minimum atomic E-state index is -0.406. The number of hydrogen-bond acceptors (Lipinski definition) is 4. The molecule has 2 rings (SSSR count). The molecule has 5 nitrogen and oxygen atoms in total. The Kier molecular flexibility index (Phi) is 3.34. The van der Waals surface area contributed by atoms with Gasteiger partial charge in [-0.2, -0.15) is 0 Å². The molecular weight excluding hydrogens is 230 g/mol. The van der Waals surface area contributed by atoms with Crippen molar-refractivity contribution in [1.82, 2.24) is 10.5 Å². The van der Waals surface area contributed by atoms with Crippen LogP contribution in [0.3, 0.4) is 0 Å². The molecule has 0 unspecified atom stereocenters. The Hall–Kier alpha value is -1.88. The number of nitrogens with zero attached hydrogens (tertiary/aromatic N) is 1. The highest BCUT2D eigenvalue weighted by atomic mass is 16.5. The van der Waals surface area contributed by atoms with Crippen LogP contribution in [-0.2, 0) is 11.2 Å². The molecule has 0 bridgehead atoms. The van der Waals surface area contributed by atoms with Gasteiger partial charge in [-0.15, -0.1) is 0 Å². The van der Waals surface area contributed by atoms with Crippen molar-refractivity contribution in [3.8, 4) is 0 Å². The predicted molar refractivity (Wildman–Crippen MR) is 69.0 cm³/mol. The highest BCUT2D eigenvalue weighted by Crippen LogP contribution is 2.18. The summed E-state index contributed by atoms with van der Waals surface area (Å²) >= 11 is 0. The average Bonchev–Trinajstić information content (AvgIpc) is 2.72. The van der Waals surface area contributed by atoms with Gasteiger partial charge >= 0.3 is 0 Å². The zero-order valence-corrected chi connectivity index (χ0v) is 10.6. The molecule has 0 aliphatic carbocycles. The maximum Gasteiger partial charge on any atom is 0.226 e. The normalized spacial score (nSPS) is 11.7. The SMILES string of the molecule is CC(C)(CN)NC(=O)Cc1noc2ccccc12. The van der Waals surface area contributed by atoms with E-state index in [1.165, 1.54) is 0 Å². The van der Waals surface area contributed by atoms with Gasteiger partial charge in [0.25, 0.3) is 0 Å². The molecule has 1 heterocycles. The summed E-state index contributed by atoms with van der Waals surface area (Å²) in [6.07, 6.45) is 0.195. The minimum absolute atomic E-state index is 0.107. The summed E-state index contributed by atoms with van der Waals surface area (Å²) in [6.45, 7) is 4.15. The largest absolute Gasteiger partial charge is 0.356 e. The average molecular weight is 247 g/mol. The van der Waals surface area contributed by atoms with E-state index < -0.39 is 5.54 Å². The molecule has 0 fully saturated rings. The smallest absolute Gasteiger partial charge is 0.226 e. The lowest BCUT2D eigenvalue weighted by molar-refractivity contribution is -0.122. The highest BCUT2D eigenvalue weighted by Gasteiger charge is 2.20. The van der Waals surface area contributed by atoms with Gasteiger partial charge in [-0.3, -0.25) is 4.79 Å². The second-order valence-electron chi connectivity index (χ2n) is 4.94. The quantitative estimate of drug-likeness (QED) is 0.851. The van der Waals surface area contributed by atoms with Crippen molar-refractivity contribution in [3.05, 3.63) is 30.0 Å². The molecule has 18 heavy (non-hydrogen) atoms. The van der Waals surface area contributed by atoms with Crippen LogP contribution in [0.1, 0.15) is 19.5 Å². The molecule has 1 amide bonds. The first kappa shape index (κ1) is 12.6. The van der Waals surface area contributed by atoms with Crippen LogP contribution >= 0.6 is 0 Å². The van der Waals surface area contributed by atoms with Crippen LogP contribution in [0.2, 0.25) is 0 Å². The van der Waals surface area contributed by atoms with Gasteiger partial charge in [0.05, 0.1) is 6.42 Å². The first-order chi connectivity index (χ1) is 8.52. The number of hydrogen-bond donors (Lipinski definition) is 2. The number of nitrogens with two attached hydrogens (primary N) is 1. The van der Waals surface area contributed by atoms with Gasteiger partial charge in [-0.25, -0.2) is 0 Å². The van der Waals surface area contributed by atoms with E-state index >= 15 is 0 Å². The third-order valence-corrected chi connectivity index (χ3v) is 2.77. The van der Waals surface area contributed by atoms with Gasteiger partial charge in [0, 0.05) is 17.5 Å². The van der Waals surface area contributed by atoms with Gasteiger partial charge in [0.15, 0.2) is 5.58 Å². The number of nitrogens with one attached hydrogen (secondary N) is 1. The molecule has 1 aromatic heterocycles. The maximum atomic E-state index is 11.9. The van der Waals surface area contributed by atoms with Crippen LogP contribution in [0.4, 0.5) is 0 Å². The van der Waals surface area contributed by atoms with Crippen LogP contribution in [0.5, 0.6) is 0 Å². The zero-order valence-electron chi connectivity index (χ0n) is 10.6. The zero-order chi connectivity index (χ0) is 13.2. The number of rotatable bonds is 4. The lowest BCUT2D eigenvalue weighted by Gasteiger charge is -2.23. The number of benzene rings is 1. The molecule has 0 radical (unpaired) electrons. The summed E-state index contributed by atoms with van der Waals surface area (Å²) in [4.78, 5) is 11.9. The maximum absolute atomic E-state index is 11.9. The Morgan fingerprint density at radius 3 is 2.89 bits per heavy atom. The van der Waals surface area contributed by atoms with Crippen LogP contribution in [0, 0.1) is 0 Å². The molecule has 0 spiro atoms. The number of carbonyl (C=O) groups is 1. The minimum Gasteiger partial charge on any atom is -0.356 e. The molecule has 0 atom stereocenters. The molecule has 2 aromatic rings. The van der Waals surface area contributed by atoms with Crippen molar-refractivity contribution in [2.45, 2.75) is 25.8 Å². The molecule has 0 aliphatic heterocycles. The van der Waals surface area contributed by atoms with Crippen molar-refractivity contribution in [1.29, 1.82) is 0 Å². The fourth-order valence-corrected chi connectivity index (χ4v) is 1.69. The Morgan fingerprint density at radius 2 is 2.17 bits per heavy atom. The Balaban J connectivity index is 2.12. The van der Waals surface area contributed by atoms with Crippen LogP contribution in [0.15, 0.2) is 28.8 Å². The van der Waals surface area contributed by atoms with Gasteiger partial charge in [-0.1, -0.05) is 17.3 Å². The van der Waals surface area contributed by atoms with E-state index in [9.17, 15) is 4.79 Å². The van der Waals surface area contributed by atoms with Crippen LogP contribution in [0.25, 0.3) is 11.0 Å². The molecule has 0 saturated carbocycles. The third-order valence-electron chi connectivity index (χ3n) is 2.77. The predicted octanol–water partition coefficient (Wildman–Crippen LogP) is 1.22. The molecular formula is C13H17N3O2. The lowest BCUT2D eigenvalue weighted by Crippen LogP contribution is -2.49.